The molecule has 1 atom stereocenters. The molecule has 0 fully saturated rings. The molecule has 1 amide bonds. The molecule has 0 aliphatic rings. The summed E-state index contributed by atoms with van der Waals surface area (Å²) in [7, 11) is 4.02. The predicted octanol–water partition coefficient (Wildman–Crippen LogP) is 2.19. The van der Waals surface area contributed by atoms with Crippen molar-refractivity contribution < 1.29 is 9.53 Å². The van der Waals surface area contributed by atoms with Crippen LogP contribution in [0.15, 0.2) is 18.3 Å². The van der Waals surface area contributed by atoms with E-state index >= 15 is 0 Å². The third kappa shape index (κ3) is 6.58. The Morgan fingerprint density at radius 1 is 1.38 bits per heavy atom. The zero-order valence-electron chi connectivity index (χ0n) is 13.7. The van der Waals surface area contributed by atoms with Gasteiger partial charge in [0, 0.05) is 24.8 Å². The van der Waals surface area contributed by atoms with Crippen LogP contribution in [0.2, 0.25) is 0 Å². The summed E-state index contributed by atoms with van der Waals surface area (Å²) < 4.78 is 5.28. The van der Waals surface area contributed by atoms with Crippen molar-refractivity contribution in [2.75, 3.05) is 27.2 Å². The number of pyridine rings is 1. The maximum Gasteiger partial charge on any atom is 0.253 e. The van der Waals surface area contributed by atoms with Crippen molar-refractivity contribution in [3.8, 4) is 5.88 Å². The summed E-state index contributed by atoms with van der Waals surface area (Å²) in [6.07, 6.45) is 2.51. The average Bonchev–Trinajstić information content (AvgIpc) is 2.38. The number of hydrogen-bond acceptors (Lipinski definition) is 4. The molecule has 0 aromatic carbocycles. The van der Waals surface area contributed by atoms with Gasteiger partial charge in [-0.2, -0.15) is 0 Å². The highest BCUT2D eigenvalue weighted by Gasteiger charge is 2.16. The molecule has 5 nitrogen and oxygen atoms in total. The quantitative estimate of drug-likeness (QED) is 0.798. The highest BCUT2D eigenvalue weighted by atomic mass is 16.5. The SMILES string of the molecule is CCOc1ccc(C(=O)NC(CC(C)C)CN(C)C)cn1. The Labute approximate surface area is 127 Å². The number of nitrogens with one attached hydrogen (secondary N) is 1. The Balaban J connectivity index is 2.67. The lowest BCUT2D eigenvalue weighted by Crippen LogP contribution is -2.42. The van der Waals surface area contributed by atoms with Gasteiger partial charge in [0.05, 0.1) is 12.2 Å². The molecular formula is C16H27N3O2. The molecule has 1 aromatic rings. The van der Waals surface area contributed by atoms with Gasteiger partial charge in [0.15, 0.2) is 0 Å². The number of carbonyl (C=O) groups is 1. The van der Waals surface area contributed by atoms with E-state index in [9.17, 15) is 4.79 Å². The summed E-state index contributed by atoms with van der Waals surface area (Å²) in [6, 6.07) is 3.61. The number of hydrogen-bond donors (Lipinski definition) is 1. The van der Waals surface area contributed by atoms with E-state index in [0.29, 0.717) is 24.0 Å². The number of carbonyl (C=O) groups excluding carboxylic acids is 1. The molecule has 1 unspecified atom stereocenters. The van der Waals surface area contributed by atoms with E-state index in [2.05, 4.69) is 29.0 Å². The van der Waals surface area contributed by atoms with Crippen LogP contribution >= 0.6 is 0 Å². The average molecular weight is 293 g/mol. The normalized spacial score (nSPS) is 12.5. The topological polar surface area (TPSA) is 54.5 Å². The van der Waals surface area contributed by atoms with Crippen molar-refractivity contribution in [1.29, 1.82) is 0 Å². The lowest BCUT2D eigenvalue weighted by atomic mass is 10.0. The first-order valence-electron chi connectivity index (χ1n) is 7.46. The summed E-state index contributed by atoms with van der Waals surface area (Å²) in [6.45, 7) is 7.62. The first-order valence-corrected chi connectivity index (χ1v) is 7.46. The van der Waals surface area contributed by atoms with Crippen LogP contribution in [0.3, 0.4) is 0 Å². The molecule has 118 valence electrons. The van der Waals surface area contributed by atoms with Crippen LogP contribution < -0.4 is 10.1 Å². The lowest BCUT2D eigenvalue weighted by molar-refractivity contribution is 0.0924. The molecule has 0 aliphatic carbocycles. The molecule has 0 spiro atoms. The predicted molar refractivity (Wildman–Crippen MR) is 84.7 cm³/mol. The largest absolute Gasteiger partial charge is 0.478 e. The van der Waals surface area contributed by atoms with Crippen molar-refractivity contribution in [3.05, 3.63) is 23.9 Å². The number of ether oxygens (including phenoxy) is 1. The summed E-state index contributed by atoms with van der Waals surface area (Å²) in [5, 5.41) is 3.09. The van der Waals surface area contributed by atoms with Crippen molar-refractivity contribution in [2.45, 2.75) is 33.2 Å². The summed E-state index contributed by atoms with van der Waals surface area (Å²) in [4.78, 5) is 18.5. The number of aromatic nitrogens is 1. The van der Waals surface area contributed by atoms with E-state index in [1.807, 2.05) is 21.0 Å². The second-order valence-electron chi connectivity index (χ2n) is 5.88. The van der Waals surface area contributed by atoms with E-state index in [4.69, 9.17) is 4.74 Å². The Hall–Kier alpha value is -1.62. The fraction of sp³-hybridized carbons (Fsp3) is 0.625. The standard InChI is InChI=1S/C16H27N3O2/c1-6-21-15-8-7-13(10-17-15)16(20)18-14(9-12(2)3)11-19(4)5/h7-8,10,12,14H,6,9,11H2,1-5H3,(H,18,20). The number of amides is 1. The van der Waals surface area contributed by atoms with Gasteiger partial charge in [-0.1, -0.05) is 13.8 Å². The molecule has 1 aromatic heterocycles. The number of rotatable bonds is 8. The summed E-state index contributed by atoms with van der Waals surface area (Å²) in [5.41, 5.74) is 0.561. The van der Waals surface area contributed by atoms with Gasteiger partial charge in [-0.05, 0) is 39.4 Å². The van der Waals surface area contributed by atoms with E-state index in [0.717, 1.165) is 13.0 Å². The van der Waals surface area contributed by atoms with Crippen LogP contribution in [-0.4, -0.2) is 49.1 Å². The highest BCUT2D eigenvalue weighted by molar-refractivity contribution is 5.94. The van der Waals surface area contributed by atoms with Gasteiger partial charge in [0.25, 0.3) is 5.91 Å². The van der Waals surface area contributed by atoms with Crippen LogP contribution in [0.1, 0.15) is 37.6 Å². The van der Waals surface area contributed by atoms with Crippen LogP contribution in [0.4, 0.5) is 0 Å². The number of nitrogens with zero attached hydrogens (tertiary/aromatic N) is 2. The zero-order chi connectivity index (χ0) is 15.8. The van der Waals surface area contributed by atoms with Gasteiger partial charge < -0.3 is 15.0 Å². The Morgan fingerprint density at radius 2 is 2.10 bits per heavy atom. The van der Waals surface area contributed by atoms with E-state index < -0.39 is 0 Å². The van der Waals surface area contributed by atoms with Crippen LogP contribution in [0.5, 0.6) is 5.88 Å². The molecule has 0 bridgehead atoms. The van der Waals surface area contributed by atoms with Crippen molar-refractivity contribution >= 4 is 5.91 Å². The smallest absolute Gasteiger partial charge is 0.253 e. The molecule has 21 heavy (non-hydrogen) atoms. The van der Waals surface area contributed by atoms with Gasteiger partial charge in [-0.3, -0.25) is 4.79 Å². The Bertz CT molecular complexity index is 420. The van der Waals surface area contributed by atoms with Crippen LogP contribution in [0.25, 0.3) is 0 Å². The highest BCUT2D eigenvalue weighted by Crippen LogP contribution is 2.10. The van der Waals surface area contributed by atoms with Gasteiger partial charge in [-0.15, -0.1) is 0 Å². The van der Waals surface area contributed by atoms with E-state index in [1.54, 1.807) is 18.3 Å². The molecule has 0 radical (unpaired) electrons. The first kappa shape index (κ1) is 17.4. The minimum Gasteiger partial charge on any atom is -0.478 e. The minimum atomic E-state index is -0.0851. The van der Waals surface area contributed by atoms with Gasteiger partial charge in [0.2, 0.25) is 5.88 Å². The maximum atomic E-state index is 12.3. The van der Waals surface area contributed by atoms with Crippen molar-refractivity contribution in [1.82, 2.24) is 15.2 Å². The second kappa shape index (κ2) is 8.62. The third-order valence-electron chi connectivity index (χ3n) is 2.97. The fourth-order valence-electron chi connectivity index (χ4n) is 2.21. The van der Waals surface area contributed by atoms with E-state index in [-0.39, 0.29) is 11.9 Å². The molecule has 5 heteroatoms. The number of likely N-dealkylation sites (N-methyl/N-ethyl adjacent to an activating group) is 1. The van der Waals surface area contributed by atoms with Crippen molar-refractivity contribution in [3.63, 3.8) is 0 Å². The molecule has 0 saturated heterocycles. The van der Waals surface area contributed by atoms with Crippen LogP contribution in [-0.2, 0) is 0 Å². The zero-order valence-corrected chi connectivity index (χ0v) is 13.7. The van der Waals surface area contributed by atoms with Crippen LogP contribution in [0, 0.1) is 5.92 Å². The van der Waals surface area contributed by atoms with Crippen molar-refractivity contribution in [2.24, 2.45) is 5.92 Å². The van der Waals surface area contributed by atoms with Gasteiger partial charge in [-0.25, -0.2) is 4.98 Å². The molecular weight excluding hydrogens is 266 g/mol. The summed E-state index contributed by atoms with van der Waals surface area (Å²) >= 11 is 0. The van der Waals surface area contributed by atoms with Gasteiger partial charge in [0.1, 0.15) is 0 Å². The van der Waals surface area contributed by atoms with E-state index in [1.165, 1.54) is 0 Å². The van der Waals surface area contributed by atoms with Gasteiger partial charge >= 0.3 is 0 Å². The molecule has 0 aliphatic heterocycles. The molecule has 0 saturated carbocycles. The lowest BCUT2D eigenvalue weighted by Gasteiger charge is -2.24. The monoisotopic (exact) mass is 293 g/mol. The second-order valence-corrected chi connectivity index (χ2v) is 5.88. The maximum absolute atomic E-state index is 12.3. The minimum absolute atomic E-state index is 0.0851. The summed E-state index contributed by atoms with van der Waals surface area (Å²) in [5.74, 6) is 0.993. The Morgan fingerprint density at radius 3 is 2.57 bits per heavy atom. The molecule has 1 rings (SSSR count). The fourth-order valence-corrected chi connectivity index (χ4v) is 2.21. The first-order chi connectivity index (χ1) is 9.92. The molecule has 1 N–H and O–H groups in total. The third-order valence-corrected chi connectivity index (χ3v) is 2.97. The molecule has 1 heterocycles. The Kier molecular flexibility index (Phi) is 7.15.